The second-order valence-corrected chi connectivity index (χ2v) is 4.35. The Labute approximate surface area is 105 Å². The third-order valence-electron chi connectivity index (χ3n) is 2.85. The van der Waals surface area contributed by atoms with Crippen LogP contribution in [0.2, 0.25) is 5.15 Å². The fourth-order valence-corrected chi connectivity index (χ4v) is 1.88. The fraction of sp³-hybridized carbons (Fsp3) is 0.545. The van der Waals surface area contributed by atoms with E-state index in [4.69, 9.17) is 16.3 Å². The van der Waals surface area contributed by atoms with Gasteiger partial charge in [-0.3, -0.25) is 0 Å². The number of fused-ring (bicyclic) bond motifs is 1. The van der Waals surface area contributed by atoms with Crippen LogP contribution in [0, 0.1) is 13.8 Å². The molecule has 17 heavy (non-hydrogen) atoms. The van der Waals surface area contributed by atoms with Gasteiger partial charge >= 0.3 is 0 Å². The monoisotopic (exact) mass is 254 g/mol. The van der Waals surface area contributed by atoms with Gasteiger partial charge in [-0.15, -0.1) is 10.2 Å². The summed E-state index contributed by atoms with van der Waals surface area (Å²) in [4.78, 5) is 0. The summed E-state index contributed by atoms with van der Waals surface area (Å²) in [5.74, 6) is 0.821. The molecule has 0 unspecified atom stereocenters. The summed E-state index contributed by atoms with van der Waals surface area (Å²) in [5.41, 5.74) is 2.75. The van der Waals surface area contributed by atoms with Crippen molar-refractivity contribution in [2.24, 2.45) is 0 Å². The normalized spacial score (nSPS) is 11.3. The van der Waals surface area contributed by atoms with E-state index in [1.165, 1.54) is 0 Å². The quantitative estimate of drug-likeness (QED) is 0.783. The van der Waals surface area contributed by atoms with Gasteiger partial charge in [0.25, 0.3) is 0 Å². The van der Waals surface area contributed by atoms with Gasteiger partial charge in [-0.25, -0.2) is 0 Å². The van der Waals surface area contributed by atoms with E-state index in [1.54, 1.807) is 11.6 Å². The van der Waals surface area contributed by atoms with Crippen LogP contribution in [-0.4, -0.2) is 33.5 Å². The molecule has 0 aromatic carbocycles. The predicted octanol–water partition coefficient (Wildman–Crippen LogP) is 1.97. The van der Waals surface area contributed by atoms with Crippen LogP contribution >= 0.6 is 11.6 Å². The number of rotatable bonds is 4. The number of halogens is 1. The van der Waals surface area contributed by atoms with Gasteiger partial charge in [0, 0.05) is 25.7 Å². The van der Waals surface area contributed by atoms with Crippen LogP contribution in [0.3, 0.4) is 0 Å². The van der Waals surface area contributed by atoms with Gasteiger partial charge in [0.05, 0.1) is 0 Å². The third-order valence-corrected chi connectivity index (χ3v) is 3.21. The molecule has 2 rings (SSSR count). The maximum Gasteiger partial charge on any atom is 0.181 e. The highest BCUT2D eigenvalue weighted by Crippen LogP contribution is 2.19. The van der Waals surface area contributed by atoms with Gasteiger partial charge in [0.1, 0.15) is 0 Å². The van der Waals surface area contributed by atoms with Crippen molar-refractivity contribution in [3.63, 3.8) is 0 Å². The molecule has 92 valence electrons. The number of aromatic nitrogens is 4. The van der Waals surface area contributed by atoms with Crippen molar-refractivity contribution in [3.8, 4) is 0 Å². The van der Waals surface area contributed by atoms with E-state index in [2.05, 4.69) is 15.3 Å². The SMILES string of the molecule is COCCCc1nnc2c(C)c(C)c(Cl)nn12. The van der Waals surface area contributed by atoms with E-state index < -0.39 is 0 Å². The lowest BCUT2D eigenvalue weighted by molar-refractivity contribution is 0.194. The van der Waals surface area contributed by atoms with Crippen LogP contribution < -0.4 is 0 Å². The lowest BCUT2D eigenvalue weighted by Gasteiger charge is -2.04. The number of nitrogens with zero attached hydrogens (tertiary/aromatic N) is 4. The number of ether oxygens (including phenoxy) is 1. The third kappa shape index (κ3) is 2.25. The first kappa shape index (κ1) is 12.3. The van der Waals surface area contributed by atoms with E-state index in [0.29, 0.717) is 11.8 Å². The van der Waals surface area contributed by atoms with Crippen molar-refractivity contribution in [1.82, 2.24) is 19.8 Å². The van der Waals surface area contributed by atoms with Gasteiger partial charge < -0.3 is 4.74 Å². The molecule has 0 fully saturated rings. The van der Waals surface area contributed by atoms with Gasteiger partial charge in [-0.1, -0.05) is 11.6 Å². The zero-order chi connectivity index (χ0) is 12.4. The van der Waals surface area contributed by atoms with Crippen molar-refractivity contribution in [3.05, 3.63) is 22.1 Å². The molecule has 0 saturated carbocycles. The zero-order valence-corrected chi connectivity index (χ0v) is 11.0. The highest BCUT2D eigenvalue weighted by Gasteiger charge is 2.12. The molecule has 0 amide bonds. The molecule has 0 bridgehead atoms. The summed E-state index contributed by atoms with van der Waals surface area (Å²) in [6.07, 6.45) is 1.67. The Balaban J connectivity index is 2.39. The molecule has 0 aliphatic heterocycles. The summed E-state index contributed by atoms with van der Waals surface area (Å²) in [6.45, 7) is 4.61. The Bertz CT molecular complexity index is 538. The summed E-state index contributed by atoms with van der Waals surface area (Å²) in [5, 5.41) is 13.1. The molecule has 5 nitrogen and oxygen atoms in total. The minimum Gasteiger partial charge on any atom is -0.385 e. The lowest BCUT2D eigenvalue weighted by atomic mass is 10.2. The molecular weight excluding hydrogens is 240 g/mol. The van der Waals surface area contributed by atoms with Crippen LogP contribution in [0.4, 0.5) is 0 Å². The Kier molecular flexibility index (Phi) is 3.59. The number of hydrogen-bond donors (Lipinski definition) is 0. The summed E-state index contributed by atoms with van der Waals surface area (Å²) in [7, 11) is 1.69. The van der Waals surface area contributed by atoms with Gasteiger partial charge in [0.15, 0.2) is 16.6 Å². The maximum absolute atomic E-state index is 6.07. The zero-order valence-electron chi connectivity index (χ0n) is 10.2. The van der Waals surface area contributed by atoms with E-state index >= 15 is 0 Å². The molecule has 0 aliphatic carbocycles. The first-order valence-electron chi connectivity index (χ1n) is 5.51. The second kappa shape index (κ2) is 4.98. The van der Waals surface area contributed by atoms with Crippen LogP contribution in [0.25, 0.3) is 5.65 Å². The fourth-order valence-electron chi connectivity index (χ4n) is 1.67. The van der Waals surface area contributed by atoms with Gasteiger partial charge in [0.2, 0.25) is 0 Å². The highest BCUT2D eigenvalue weighted by molar-refractivity contribution is 6.30. The molecule has 0 spiro atoms. The van der Waals surface area contributed by atoms with Crippen LogP contribution in [0.1, 0.15) is 23.4 Å². The molecule has 2 heterocycles. The van der Waals surface area contributed by atoms with Crippen molar-refractivity contribution < 1.29 is 4.74 Å². The topological polar surface area (TPSA) is 52.3 Å². The minimum absolute atomic E-state index is 0.503. The Hall–Kier alpha value is -1.20. The maximum atomic E-state index is 6.07. The van der Waals surface area contributed by atoms with Crippen molar-refractivity contribution in [2.75, 3.05) is 13.7 Å². The van der Waals surface area contributed by atoms with Crippen LogP contribution in [-0.2, 0) is 11.2 Å². The van der Waals surface area contributed by atoms with Crippen molar-refractivity contribution in [2.45, 2.75) is 26.7 Å². The van der Waals surface area contributed by atoms with E-state index in [9.17, 15) is 0 Å². The predicted molar refractivity (Wildman–Crippen MR) is 65.5 cm³/mol. The smallest absolute Gasteiger partial charge is 0.181 e. The standard InChI is InChI=1S/C11H15ClN4O/c1-7-8(2)11-14-13-9(5-4-6-17-3)16(11)15-10(7)12/h4-6H2,1-3H3. The average Bonchev–Trinajstić information content (AvgIpc) is 2.70. The average molecular weight is 255 g/mol. The lowest BCUT2D eigenvalue weighted by Crippen LogP contribution is -2.04. The molecule has 0 N–H and O–H groups in total. The summed E-state index contributed by atoms with van der Waals surface area (Å²) < 4.78 is 6.74. The van der Waals surface area contributed by atoms with E-state index in [1.807, 2.05) is 13.8 Å². The van der Waals surface area contributed by atoms with Crippen LogP contribution in [0.5, 0.6) is 0 Å². The first-order valence-corrected chi connectivity index (χ1v) is 5.89. The van der Waals surface area contributed by atoms with Crippen molar-refractivity contribution in [1.29, 1.82) is 0 Å². The number of hydrogen-bond acceptors (Lipinski definition) is 4. The van der Waals surface area contributed by atoms with E-state index in [-0.39, 0.29) is 0 Å². The molecule has 2 aromatic rings. The van der Waals surface area contributed by atoms with Gasteiger partial charge in [-0.2, -0.15) is 9.61 Å². The minimum atomic E-state index is 0.503. The van der Waals surface area contributed by atoms with E-state index in [0.717, 1.165) is 35.4 Å². The number of aryl methyl sites for hydroxylation is 2. The molecule has 0 radical (unpaired) electrons. The molecule has 0 atom stereocenters. The molecule has 0 aliphatic rings. The molecular formula is C11H15ClN4O. The van der Waals surface area contributed by atoms with Crippen molar-refractivity contribution >= 4 is 17.2 Å². The molecule has 2 aromatic heterocycles. The largest absolute Gasteiger partial charge is 0.385 e. The second-order valence-electron chi connectivity index (χ2n) is 3.99. The van der Waals surface area contributed by atoms with Gasteiger partial charge in [-0.05, 0) is 25.8 Å². The highest BCUT2D eigenvalue weighted by atomic mass is 35.5. The number of methoxy groups -OCH3 is 1. The Morgan fingerprint density at radius 2 is 2.00 bits per heavy atom. The Morgan fingerprint density at radius 3 is 2.71 bits per heavy atom. The Morgan fingerprint density at radius 1 is 1.24 bits per heavy atom. The summed E-state index contributed by atoms with van der Waals surface area (Å²) >= 11 is 6.07. The summed E-state index contributed by atoms with van der Waals surface area (Å²) in [6, 6.07) is 0. The molecule has 6 heteroatoms. The first-order chi connectivity index (χ1) is 8.15. The molecule has 0 saturated heterocycles. The van der Waals surface area contributed by atoms with Crippen LogP contribution in [0.15, 0.2) is 0 Å².